The lowest BCUT2D eigenvalue weighted by molar-refractivity contribution is 0.311. The van der Waals surface area contributed by atoms with Crippen molar-refractivity contribution in [2.24, 2.45) is 5.73 Å². The Kier molecular flexibility index (Phi) is 8.54. The molecule has 20 heavy (non-hydrogen) atoms. The molecular weight excluding hydrogens is 270 g/mol. The van der Waals surface area contributed by atoms with Crippen LogP contribution in [0.2, 0.25) is 0 Å². The molecule has 1 aromatic carbocycles. The van der Waals surface area contributed by atoms with Gasteiger partial charge in [-0.1, -0.05) is 19.9 Å². The number of nitrogens with two attached hydrogens (primary N) is 1. The zero-order chi connectivity index (χ0) is 14.8. The van der Waals surface area contributed by atoms with E-state index in [0.29, 0.717) is 0 Å². The fourth-order valence-electron chi connectivity index (χ4n) is 1.88. The van der Waals surface area contributed by atoms with Gasteiger partial charge in [-0.15, -0.1) is 0 Å². The SMILES string of the molecule is CCSCCCOc1cc(OC)ccc1CC(N)CC. The highest BCUT2D eigenvalue weighted by Crippen LogP contribution is 2.26. The molecule has 0 aliphatic carbocycles. The fourth-order valence-corrected chi connectivity index (χ4v) is 2.49. The van der Waals surface area contributed by atoms with Crippen LogP contribution in [-0.4, -0.2) is 31.3 Å². The van der Waals surface area contributed by atoms with Crippen molar-refractivity contribution >= 4 is 11.8 Å². The third kappa shape index (κ3) is 6.06. The van der Waals surface area contributed by atoms with E-state index in [4.69, 9.17) is 15.2 Å². The molecule has 0 aliphatic rings. The largest absolute Gasteiger partial charge is 0.497 e. The van der Waals surface area contributed by atoms with Crippen molar-refractivity contribution < 1.29 is 9.47 Å². The van der Waals surface area contributed by atoms with Gasteiger partial charge in [-0.2, -0.15) is 11.8 Å². The summed E-state index contributed by atoms with van der Waals surface area (Å²) in [5, 5.41) is 0. The highest BCUT2D eigenvalue weighted by atomic mass is 32.2. The van der Waals surface area contributed by atoms with Crippen molar-refractivity contribution in [3.63, 3.8) is 0 Å². The lowest BCUT2D eigenvalue weighted by Gasteiger charge is -2.15. The summed E-state index contributed by atoms with van der Waals surface area (Å²) in [4.78, 5) is 0. The topological polar surface area (TPSA) is 44.5 Å². The van der Waals surface area contributed by atoms with Gasteiger partial charge < -0.3 is 15.2 Å². The molecule has 2 N–H and O–H groups in total. The maximum Gasteiger partial charge on any atom is 0.126 e. The van der Waals surface area contributed by atoms with Crippen LogP contribution in [-0.2, 0) is 6.42 Å². The Labute approximate surface area is 127 Å². The molecule has 3 nitrogen and oxygen atoms in total. The molecule has 1 atom stereocenters. The van der Waals surface area contributed by atoms with Crippen molar-refractivity contribution in [2.75, 3.05) is 25.2 Å². The summed E-state index contributed by atoms with van der Waals surface area (Å²) in [7, 11) is 1.68. The van der Waals surface area contributed by atoms with Crippen molar-refractivity contribution in [2.45, 2.75) is 39.2 Å². The molecule has 1 rings (SSSR count). The minimum atomic E-state index is 0.182. The second-order valence-electron chi connectivity index (χ2n) is 4.75. The molecule has 0 aromatic heterocycles. The third-order valence-corrected chi connectivity index (χ3v) is 4.16. The van der Waals surface area contributed by atoms with Crippen LogP contribution in [0.15, 0.2) is 18.2 Å². The first-order chi connectivity index (χ1) is 9.71. The Morgan fingerprint density at radius 1 is 1.30 bits per heavy atom. The van der Waals surface area contributed by atoms with Crippen LogP contribution in [0.3, 0.4) is 0 Å². The lowest BCUT2D eigenvalue weighted by atomic mass is 10.0. The fraction of sp³-hybridized carbons (Fsp3) is 0.625. The van der Waals surface area contributed by atoms with Crippen LogP contribution >= 0.6 is 11.8 Å². The van der Waals surface area contributed by atoms with Gasteiger partial charge in [0.15, 0.2) is 0 Å². The Balaban J connectivity index is 2.63. The molecule has 0 spiro atoms. The second kappa shape index (κ2) is 9.94. The molecular formula is C16H27NO2S. The monoisotopic (exact) mass is 297 g/mol. The Bertz CT molecular complexity index is 385. The molecule has 0 saturated carbocycles. The Morgan fingerprint density at radius 2 is 2.10 bits per heavy atom. The standard InChI is InChI=1S/C16H27NO2S/c1-4-14(17)11-13-7-8-15(18-3)12-16(13)19-9-6-10-20-5-2/h7-8,12,14H,4-6,9-11,17H2,1-3H3. The normalized spacial score (nSPS) is 12.2. The molecule has 0 radical (unpaired) electrons. The van der Waals surface area contributed by atoms with E-state index in [1.54, 1.807) is 7.11 Å². The van der Waals surface area contributed by atoms with Gasteiger partial charge >= 0.3 is 0 Å². The highest BCUT2D eigenvalue weighted by Gasteiger charge is 2.09. The summed E-state index contributed by atoms with van der Waals surface area (Å²) in [5.41, 5.74) is 7.22. The van der Waals surface area contributed by atoms with Gasteiger partial charge in [0.1, 0.15) is 11.5 Å². The number of rotatable bonds is 10. The zero-order valence-corrected chi connectivity index (χ0v) is 13.7. The van der Waals surface area contributed by atoms with E-state index in [2.05, 4.69) is 19.9 Å². The summed E-state index contributed by atoms with van der Waals surface area (Å²) < 4.78 is 11.2. The average Bonchev–Trinajstić information content (AvgIpc) is 2.48. The van der Waals surface area contributed by atoms with E-state index in [1.807, 2.05) is 23.9 Å². The van der Waals surface area contributed by atoms with Crippen LogP contribution < -0.4 is 15.2 Å². The van der Waals surface area contributed by atoms with Gasteiger partial charge in [-0.25, -0.2) is 0 Å². The minimum Gasteiger partial charge on any atom is -0.497 e. The molecule has 0 saturated heterocycles. The molecule has 0 amide bonds. The van der Waals surface area contributed by atoms with Gasteiger partial charge in [0.25, 0.3) is 0 Å². The summed E-state index contributed by atoms with van der Waals surface area (Å²) in [6.45, 7) is 5.03. The van der Waals surface area contributed by atoms with Crippen molar-refractivity contribution in [3.05, 3.63) is 23.8 Å². The first kappa shape index (κ1) is 17.2. The molecule has 0 fully saturated rings. The average molecular weight is 297 g/mol. The van der Waals surface area contributed by atoms with E-state index in [1.165, 1.54) is 5.56 Å². The van der Waals surface area contributed by atoms with E-state index < -0.39 is 0 Å². The van der Waals surface area contributed by atoms with Crippen molar-refractivity contribution in [3.8, 4) is 11.5 Å². The van der Waals surface area contributed by atoms with E-state index in [9.17, 15) is 0 Å². The number of methoxy groups -OCH3 is 1. The maximum atomic E-state index is 6.05. The van der Waals surface area contributed by atoms with E-state index >= 15 is 0 Å². The van der Waals surface area contributed by atoms with Crippen LogP contribution in [0, 0.1) is 0 Å². The zero-order valence-electron chi connectivity index (χ0n) is 12.9. The molecule has 1 unspecified atom stereocenters. The van der Waals surface area contributed by atoms with Crippen LogP contribution in [0.5, 0.6) is 11.5 Å². The van der Waals surface area contributed by atoms with Gasteiger partial charge in [-0.05, 0) is 42.4 Å². The van der Waals surface area contributed by atoms with Crippen molar-refractivity contribution in [1.29, 1.82) is 0 Å². The molecule has 0 bridgehead atoms. The number of ether oxygens (including phenoxy) is 2. The molecule has 4 heteroatoms. The van der Waals surface area contributed by atoms with Gasteiger partial charge in [0.2, 0.25) is 0 Å². The number of hydrogen-bond acceptors (Lipinski definition) is 4. The minimum absolute atomic E-state index is 0.182. The predicted octanol–water partition coefficient (Wildman–Crippen LogP) is 3.50. The number of benzene rings is 1. The smallest absolute Gasteiger partial charge is 0.126 e. The maximum absolute atomic E-state index is 6.05. The molecule has 0 heterocycles. The van der Waals surface area contributed by atoms with Crippen LogP contribution in [0.4, 0.5) is 0 Å². The summed E-state index contributed by atoms with van der Waals surface area (Å²) in [6.07, 6.45) is 2.88. The molecule has 0 aliphatic heterocycles. The summed E-state index contributed by atoms with van der Waals surface area (Å²) >= 11 is 1.94. The Hall–Kier alpha value is -0.870. The van der Waals surface area contributed by atoms with E-state index in [0.717, 1.165) is 48.9 Å². The van der Waals surface area contributed by atoms with Crippen molar-refractivity contribution in [1.82, 2.24) is 0 Å². The number of thioether (sulfide) groups is 1. The highest BCUT2D eigenvalue weighted by molar-refractivity contribution is 7.99. The predicted molar refractivity (Wildman–Crippen MR) is 88.1 cm³/mol. The van der Waals surface area contributed by atoms with Gasteiger partial charge in [0.05, 0.1) is 13.7 Å². The number of hydrogen-bond donors (Lipinski definition) is 1. The van der Waals surface area contributed by atoms with E-state index in [-0.39, 0.29) is 6.04 Å². The first-order valence-electron chi connectivity index (χ1n) is 7.34. The Morgan fingerprint density at radius 3 is 2.75 bits per heavy atom. The summed E-state index contributed by atoms with van der Waals surface area (Å²) in [6, 6.07) is 6.17. The quantitative estimate of drug-likeness (QED) is 0.671. The lowest BCUT2D eigenvalue weighted by Crippen LogP contribution is -2.21. The van der Waals surface area contributed by atoms with Gasteiger partial charge in [0, 0.05) is 12.1 Å². The second-order valence-corrected chi connectivity index (χ2v) is 6.14. The molecule has 114 valence electrons. The third-order valence-electron chi connectivity index (χ3n) is 3.18. The molecule has 1 aromatic rings. The first-order valence-corrected chi connectivity index (χ1v) is 8.49. The van der Waals surface area contributed by atoms with Crippen LogP contribution in [0.25, 0.3) is 0 Å². The summed E-state index contributed by atoms with van der Waals surface area (Å²) in [5.74, 6) is 4.05. The van der Waals surface area contributed by atoms with Gasteiger partial charge in [-0.3, -0.25) is 0 Å². The van der Waals surface area contributed by atoms with Crippen LogP contribution in [0.1, 0.15) is 32.3 Å².